The summed E-state index contributed by atoms with van der Waals surface area (Å²) < 4.78 is 10.9. The molecule has 2 aromatic rings. The van der Waals surface area contributed by atoms with E-state index in [2.05, 4.69) is 12.2 Å². The van der Waals surface area contributed by atoms with E-state index in [1.165, 1.54) is 11.1 Å². The number of ether oxygens (including phenoxy) is 2. The highest BCUT2D eigenvalue weighted by Crippen LogP contribution is 2.38. The van der Waals surface area contributed by atoms with Crippen LogP contribution in [0.2, 0.25) is 0 Å². The highest BCUT2D eigenvalue weighted by atomic mass is 16.7. The third-order valence-corrected chi connectivity index (χ3v) is 4.54. The van der Waals surface area contributed by atoms with Crippen LogP contribution < -0.4 is 14.8 Å². The zero-order valence-electron chi connectivity index (χ0n) is 12.7. The molecular formula is C17H18N2O3. The van der Waals surface area contributed by atoms with Crippen molar-refractivity contribution in [1.82, 2.24) is 10.3 Å². The Morgan fingerprint density at radius 1 is 1.32 bits per heavy atom. The minimum absolute atomic E-state index is 0.0308. The molecule has 114 valence electrons. The van der Waals surface area contributed by atoms with Crippen molar-refractivity contribution in [3.8, 4) is 11.5 Å². The maximum absolute atomic E-state index is 11.3. The van der Waals surface area contributed by atoms with Crippen molar-refractivity contribution < 1.29 is 14.3 Å². The molecular weight excluding hydrogens is 280 g/mol. The van der Waals surface area contributed by atoms with Gasteiger partial charge in [0.05, 0.1) is 5.52 Å². The van der Waals surface area contributed by atoms with Crippen LogP contribution >= 0.6 is 0 Å². The highest BCUT2D eigenvalue weighted by molar-refractivity contribution is 5.87. The van der Waals surface area contributed by atoms with Crippen LogP contribution in [0.4, 0.5) is 0 Å². The quantitative estimate of drug-likeness (QED) is 0.877. The van der Waals surface area contributed by atoms with Crippen LogP contribution in [-0.4, -0.2) is 23.7 Å². The van der Waals surface area contributed by atoms with E-state index in [1.807, 2.05) is 12.1 Å². The second-order valence-electron chi connectivity index (χ2n) is 6.02. The second kappa shape index (κ2) is 4.87. The first kappa shape index (κ1) is 13.4. The first-order valence-corrected chi connectivity index (χ1v) is 7.60. The van der Waals surface area contributed by atoms with Crippen molar-refractivity contribution in [2.75, 3.05) is 6.79 Å². The van der Waals surface area contributed by atoms with Crippen LogP contribution in [-0.2, 0) is 17.6 Å². The van der Waals surface area contributed by atoms with Gasteiger partial charge in [0.15, 0.2) is 11.5 Å². The summed E-state index contributed by atoms with van der Waals surface area (Å²) in [4.78, 5) is 16.1. The number of nitrogens with zero attached hydrogens (tertiary/aromatic N) is 1. The largest absolute Gasteiger partial charge is 0.454 e. The Kier molecular flexibility index (Phi) is 2.96. The third-order valence-electron chi connectivity index (χ3n) is 4.54. The molecule has 1 atom stereocenters. The predicted molar refractivity (Wildman–Crippen MR) is 82.2 cm³/mol. The molecule has 1 aromatic carbocycles. The summed E-state index contributed by atoms with van der Waals surface area (Å²) >= 11 is 0. The van der Waals surface area contributed by atoms with Crippen molar-refractivity contribution in [3.05, 3.63) is 29.0 Å². The number of amides is 1. The highest BCUT2D eigenvalue weighted by Gasteiger charge is 2.24. The lowest BCUT2D eigenvalue weighted by Crippen LogP contribution is -2.38. The molecule has 0 radical (unpaired) electrons. The molecule has 0 saturated heterocycles. The van der Waals surface area contributed by atoms with Gasteiger partial charge in [-0.2, -0.15) is 0 Å². The van der Waals surface area contributed by atoms with Crippen molar-refractivity contribution >= 4 is 16.8 Å². The number of rotatable bonds is 1. The van der Waals surface area contributed by atoms with Crippen LogP contribution in [0.5, 0.6) is 11.5 Å². The van der Waals surface area contributed by atoms with E-state index in [-0.39, 0.29) is 18.7 Å². The number of pyridine rings is 1. The molecule has 0 bridgehead atoms. The summed E-state index contributed by atoms with van der Waals surface area (Å²) in [6.07, 6.45) is 2.68. The minimum atomic E-state index is 0.0308. The lowest BCUT2D eigenvalue weighted by Gasteiger charge is -2.26. The number of carbonyl (C=O) groups is 1. The van der Waals surface area contributed by atoms with Gasteiger partial charge in [-0.3, -0.25) is 9.78 Å². The average Bonchev–Trinajstić information content (AvgIpc) is 2.93. The zero-order chi connectivity index (χ0) is 15.3. The van der Waals surface area contributed by atoms with Gasteiger partial charge >= 0.3 is 0 Å². The fourth-order valence-electron chi connectivity index (χ4n) is 3.46. The molecule has 1 aliphatic heterocycles. The van der Waals surface area contributed by atoms with E-state index >= 15 is 0 Å². The van der Waals surface area contributed by atoms with Crippen LogP contribution in [0, 0.1) is 6.92 Å². The van der Waals surface area contributed by atoms with Gasteiger partial charge < -0.3 is 14.8 Å². The number of hydrogen-bond acceptors (Lipinski definition) is 4. The van der Waals surface area contributed by atoms with E-state index in [9.17, 15) is 4.79 Å². The standard InChI is InChI=1S/C17H18N2O3/c1-9-12-5-11(18-10(2)20)3-4-14(12)19-15-7-17-16(6-13(9)15)21-8-22-17/h6-7,11H,3-5,8H2,1-2H3,(H,18,20). The van der Waals surface area contributed by atoms with Crippen molar-refractivity contribution in [1.29, 1.82) is 0 Å². The van der Waals surface area contributed by atoms with E-state index in [4.69, 9.17) is 14.5 Å². The molecule has 2 aliphatic rings. The molecule has 5 heteroatoms. The van der Waals surface area contributed by atoms with E-state index < -0.39 is 0 Å². The monoisotopic (exact) mass is 298 g/mol. The summed E-state index contributed by atoms with van der Waals surface area (Å²) in [6, 6.07) is 4.18. The van der Waals surface area contributed by atoms with Gasteiger partial charge in [0.2, 0.25) is 12.7 Å². The minimum Gasteiger partial charge on any atom is -0.454 e. The predicted octanol–water partition coefficient (Wildman–Crippen LogP) is 2.27. The second-order valence-corrected chi connectivity index (χ2v) is 6.02. The maximum atomic E-state index is 11.3. The normalized spacial score (nSPS) is 19.1. The zero-order valence-corrected chi connectivity index (χ0v) is 12.7. The molecule has 0 spiro atoms. The van der Waals surface area contributed by atoms with E-state index in [0.29, 0.717) is 0 Å². The van der Waals surface area contributed by atoms with Gasteiger partial charge in [-0.05, 0) is 43.4 Å². The maximum Gasteiger partial charge on any atom is 0.231 e. The summed E-state index contributed by atoms with van der Waals surface area (Å²) in [7, 11) is 0. The number of fused-ring (bicyclic) bond motifs is 3. The van der Waals surface area contributed by atoms with Gasteiger partial charge in [0, 0.05) is 30.1 Å². The molecule has 1 N–H and O–H groups in total. The molecule has 2 heterocycles. The third kappa shape index (κ3) is 2.08. The number of aryl methyl sites for hydroxylation is 2. The van der Waals surface area contributed by atoms with Crippen molar-refractivity contribution in [2.24, 2.45) is 0 Å². The van der Waals surface area contributed by atoms with Crippen LogP contribution in [0.15, 0.2) is 12.1 Å². The summed E-state index contributed by atoms with van der Waals surface area (Å²) in [6.45, 7) is 3.97. The summed E-state index contributed by atoms with van der Waals surface area (Å²) in [5.74, 6) is 1.58. The Balaban J connectivity index is 1.80. The lowest BCUT2D eigenvalue weighted by atomic mass is 9.87. The first-order chi connectivity index (χ1) is 10.6. The van der Waals surface area contributed by atoms with Gasteiger partial charge in [-0.15, -0.1) is 0 Å². The van der Waals surface area contributed by atoms with Crippen LogP contribution in [0.3, 0.4) is 0 Å². The van der Waals surface area contributed by atoms with Gasteiger partial charge in [0.25, 0.3) is 0 Å². The number of benzene rings is 1. The Hall–Kier alpha value is -2.30. The first-order valence-electron chi connectivity index (χ1n) is 7.60. The number of hydrogen-bond donors (Lipinski definition) is 1. The van der Waals surface area contributed by atoms with E-state index in [1.54, 1.807) is 6.92 Å². The lowest BCUT2D eigenvalue weighted by molar-refractivity contribution is -0.119. The SMILES string of the molecule is CC(=O)NC1CCc2nc3cc4c(cc3c(C)c2C1)OCO4. The topological polar surface area (TPSA) is 60.5 Å². The smallest absolute Gasteiger partial charge is 0.231 e. The van der Waals surface area contributed by atoms with Gasteiger partial charge in [-0.25, -0.2) is 0 Å². The molecule has 22 heavy (non-hydrogen) atoms. The molecule has 0 fully saturated rings. The fourth-order valence-corrected chi connectivity index (χ4v) is 3.46. The molecule has 1 aliphatic carbocycles. The van der Waals surface area contributed by atoms with Crippen LogP contribution in [0.1, 0.15) is 30.2 Å². The Bertz CT molecular complexity index is 785. The number of carbonyl (C=O) groups excluding carboxylic acids is 1. The molecule has 1 amide bonds. The molecule has 0 saturated carbocycles. The number of aromatic nitrogens is 1. The Labute approximate surface area is 128 Å². The van der Waals surface area contributed by atoms with Crippen molar-refractivity contribution in [2.45, 2.75) is 39.2 Å². The fraction of sp³-hybridized carbons (Fsp3) is 0.412. The molecule has 4 rings (SSSR count). The summed E-state index contributed by atoms with van der Waals surface area (Å²) in [5.41, 5.74) is 4.59. The van der Waals surface area contributed by atoms with Gasteiger partial charge in [-0.1, -0.05) is 0 Å². The Morgan fingerprint density at radius 2 is 2.09 bits per heavy atom. The van der Waals surface area contributed by atoms with Crippen molar-refractivity contribution in [3.63, 3.8) is 0 Å². The molecule has 5 nitrogen and oxygen atoms in total. The number of nitrogens with one attached hydrogen (secondary N) is 1. The molecule has 1 aromatic heterocycles. The van der Waals surface area contributed by atoms with Gasteiger partial charge in [0.1, 0.15) is 0 Å². The van der Waals surface area contributed by atoms with Crippen LogP contribution in [0.25, 0.3) is 10.9 Å². The summed E-state index contributed by atoms with van der Waals surface area (Å²) in [5, 5.41) is 4.13. The Morgan fingerprint density at radius 3 is 2.86 bits per heavy atom. The average molecular weight is 298 g/mol. The molecule has 1 unspecified atom stereocenters. The van der Waals surface area contributed by atoms with E-state index in [0.717, 1.165) is 47.4 Å².